The number of hydrogen-bond acceptors (Lipinski definition) is 6. The van der Waals surface area contributed by atoms with Crippen LogP contribution in [0.25, 0.3) is 0 Å². The van der Waals surface area contributed by atoms with Gasteiger partial charge in [0.15, 0.2) is 10.7 Å². The number of aliphatic hydroxyl groups excluding tert-OH is 1. The number of Topliss-reactive ketones (excluding diaryl/α,β-unsaturated/α-hetero) is 1. The minimum absolute atomic E-state index is 0.0290. The van der Waals surface area contributed by atoms with Crippen LogP contribution in [-0.2, 0) is 19.1 Å². The van der Waals surface area contributed by atoms with Crippen LogP contribution in [0.2, 0.25) is 0 Å². The highest BCUT2D eigenvalue weighted by molar-refractivity contribution is 6.38. The molecule has 2 saturated carbocycles. The number of carbonyl (C=O) groups excluding carboxylic acids is 2. The summed E-state index contributed by atoms with van der Waals surface area (Å²) in [5, 5.41) is 24.8. The first-order valence-corrected chi connectivity index (χ1v) is 12.0. The van der Waals surface area contributed by atoms with Crippen LogP contribution in [0.5, 0.6) is 0 Å². The summed E-state index contributed by atoms with van der Waals surface area (Å²) in [5.74, 6) is -0.529. The number of epoxide rings is 1. The molecule has 1 heterocycles. The van der Waals surface area contributed by atoms with Gasteiger partial charge in [0.1, 0.15) is 30.0 Å². The van der Waals surface area contributed by atoms with Crippen LogP contribution in [0, 0.1) is 5.92 Å². The van der Waals surface area contributed by atoms with Crippen molar-refractivity contribution in [2.24, 2.45) is 5.92 Å². The number of alkyl halides is 1. The second-order valence-electron chi connectivity index (χ2n) is 9.55. The molecule has 0 aromatic rings. The second-order valence-corrected chi connectivity index (χ2v) is 10.2. The molecule has 3 N–H and O–H groups in total. The number of ether oxygens (including phenoxy) is 2. The van der Waals surface area contributed by atoms with E-state index in [0.717, 1.165) is 12.0 Å². The Balaban J connectivity index is 1.62. The van der Waals surface area contributed by atoms with Gasteiger partial charge in [-0.25, -0.2) is 0 Å². The van der Waals surface area contributed by atoms with Crippen molar-refractivity contribution in [3.8, 4) is 0 Å². The monoisotopic (exact) mass is 469 g/mol. The number of carbonyl (C=O) groups is 2. The fourth-order valence-electron chi connectivity index (χ4n) is 5.26. The van der Waals surface area contributed by atoms with Crippen molar-refractivity contribution in [2.75, 3.05) is 7.11 Å². The first-order chi connectivity index (χ1) is 15.1. The molecule has 1 aliphatic heterocycles. The van der Waals surface area contributed by atoms with E-state index in [9.17, 15) is 19.8 Å². The molecule has 2 aliphatic carbocycles. The summed E-state index contributed by atoms with van der Waals surface area (Å²) in [6, 6.07) is -0.920. The lowest BCUT2D eigenvalue weighted by Crippen LogP contribution is -2.78. The van der Waals surface area contributed by atoms with Gasteiger partial charge in [0.05, 0.1) is 6.04 Å². The standard InChI is InChI=1S/C24H36ClNO6/c1-5-6-7-8-9-14(2)12-15(3)10-11-17(27)26-16-13-23(30)21-18(32-21)20(29)24(25,19(16)28)22(23)31-4/h10-12,14,16,18-19,21-22,28,30H,5-9,13H2,1-4H3,(H,26,27). The summed E-state index contributed by atoms with van der Waals surface area (Å²) in [5.41, 5.74) is -0.598. The highest BCUT2D eigenvalue weighted by Crippen LogP contribution is 2.56. The van der Waals surface area contributed by atoms with E-state index in [1.807, 2.05) is 6.92 Å². The fraction of sp³-hybridized carbons (Fsp3) is 0.750. The second kappa shape index (κ2) is 9.94. The number of amides is 1. The van der Waals surface area contributed by atoms with E-state index in [1.54, 1.807) is 6.08 Å². The molecule has 0 aromatic carbocycles. The third-order valence-electron chi connectivity index (χ3n) is 6.94. The fourth-order valence-corrected chi connectivity index (χ4v) is 5.79. The van der Waals surface area contributed by atoms with E-state index in [1.165, 1.54) is 38.9 Å². The number of allylic oxidation sites excluding steroid dienone is 3. The zero-order chi connectivity index (χ0) is 23.7. The SMILES string of the molecule is CCCCCCC(C)C=C(C)C=CC(=O)NC1CC2(O)C3OC3C(=O)C(Cl)(C1O)C2OC. The van der Waals surface area contributed by atoms with Crippen LogP contribution in [0.4, 0.5) is 0 Å². The lowest BCUT2D eigenvalue weighted by molar-refractivity contribution is -0.189. The highest BCUT2D eigenvalue weighted by Gasteiger charge is 2.79. The van der Waals surface area contributed by atoms with Crippen molar-refractivity contribution in [1.82, 2.24) is 5.32 Å². The Kier molecular flexibility index (Phi) is 7.88. The van der Waals surface area contributed by atoms with Crippen molar-refractivity contribution in [3.05, 3.63) is 23.8 Å². The molecule has 32 heavy (non-hydrogen) atoms. The predicted molar refractivity (Wildman–Crippen MR) is 121 cm³/mol. The van der Waals surface area contributed by atoms with Gasteiger partial charge in [-0.05, 0) is 19.3 Å². The Bertz CT molecular complexity index is 784. The largest absolute Gasteiger partial charge is 0.389 e. The average molecular weight is 470 g/mol. The lowest BCUT2D eigenvalue weighted by atomic mass is 9.62. The molecule has 1 amide bonds. The Labute approximate surface area is 195 Å². The van der Waals surface area contributed by atoms with Crippen molar-refractivity contribution < 1.29 is 29.3 Å². The van der Waals surface area contributed by atoms with Gasteiger partial charge in [-0.1, -0.05) is 57.3 Å². The average Bonchev–Trinajstić information content (AvgIpc) is 3.54. The van der Waals surface area contributed by atoms with Crippen molar-refractivity contribution in [1.29, 1.82) is 0 Å². The van der Waals surface area contributed by atoms with E-state index >= 15 is 0 Å². The number of rotatable bonds is 10. The van der Waals surface area contributed by atoms with E-state index in [4.69, 9.17) is 21.1 Å². The summed E-state index contributed by atoms with van der Waals surface area (Å²) >= 11 is 6.57. The third-order valence-corrected chi connectivity index (χ3v) is 7.54. The molecule has 7 nitrogen and oxygen atoms in total. The minimum atomic E-state index is -1.88. The first kappa shape index (κ1) is 25.4. The maximum Gasteiger partial charge on any atom is 0.244 e. The molecule has 3 aliphatic rings. The van der Waals surface area contributed by atoms with Crippen LogP contribution in [0.1, 0.15) is 59.3 Å². The number of fused-ring (bicyclic) bond motifs is 4. The number of ketones is 1. The number of unbranched alkanes of at least 4 members (excludes halogenated alkanes) is 3. The Morgan fingerprint density at radius 2 is 2.09 bits per heavy atom. The quantitative estimate of drug-likeness (QED) is 0.149. The molecule has 180 valence electrons. The van der Waals surface area contributed by atoms with Crippen LogP contribution in [0.3, 0.4) is 0 Å². The summed E-state index contributed by atoms with van der Waals surface area (Å²) in [7, 11) is 1.33. The Hall–Kier alpha value is -1.25. The smallest absolute Gasteiger partial charge is 0.244 e. The van der Waals surface area contributed by atoms with Crippen LogP contribution < -0.4 is 5.32 Å². The van der Waals surface area contributed by atoms with E-state index < -0.39 is 52.6 Å². The Morgan fingerprint density at radius 3 is 2.75 bits per heavy atom. The van der Waals surface area contributed by atoms with Crippen molar-refractivity contribution in [2.45, 2.75) is 100 Å². The summed E-state index contributed by atoms with van der Waals surface area (Å²) in [6.07, 6.45) is 7.11. The molecule has 0 spiro atoms. The maximum atomic E-state index is 12.7. The van der Waals surface area contributed by atoms with Gasteiger partial charge in [-0.15, -0.1) is 11.6 Å². The molecule has 0 radical (unpaired) electrons. The van der Waals surface area contributed by atoms with Crippen LogP contribution in [0.15, 0.2) is 23.8 Å². The highest BCUT2D eigenvalue weighted by atomic mass is 35.5. The molecule has 8 atom stereocenters. The van der Waals surface area contributed by atoms with Gasteiger partial charge in [0, 0.05) is 19.6 Å². The summed E-state index contributed by atoms with van der Waals surface area (Å²) < 4.78 is 10.7. The first-order valence-electron chi connectivity index (χ1n) is 11.6. The van der Waals surface area contributed by atoms with Gasteiger partial charge in [-0.3, -0.25) is 9.59 Å². The van der Waals surface area contributed by atoms with Gasteiger partial charge in [0.25, 0.3) is 0 Å². The van der Waals surface area contributed by atoms with Crippen LogP contribution >= 0.6 is 11.6 Å². The molecule has 0 aromatic heterocycles. The topological polar surface area (TPSA) is 108 Å². The number of nitrogens with one attached hydrogen (secondary N) is 1. The van der Waals surface area contributed by atoms with Crippen molar-refractivity contribution >= 4 is 23.3 Å². The summed E-state index contributed by atoms with van der Waals surface area (Å²) in [4.78, 5) is 23.4. The zero-order valence-electron chi connectivity index (χ0n) is 19.3. The van der Waals surface area contributed by atoms with E-state index in [2.05, 4.69) is 25.2 Å². The zero-order valence-corrected chi connectivity index (χ0v) is 20.1. The Morgan fingerprint density at radius 1 is 1.38 bits per heavy atom. The van der Waals surface area contributed by atoms with Gasteiger partial charge < -0.3 is 25.0 Å². The maximum absolute atomic E-state index is 12.7. The summed E-state index contributed by atoms with van der Waals surface area (Å²) in [6.45, 7) is 6.30. The van der Waals surface area contributed by atoms with Crippen molar-refractivity contribution in [3.63, 3.8) is 0 Å². The molecular weight excluding hydrogens is 434 g/mol. The molecule has 1 saturated heterocycles. The molecular formula is C24H36ClNO6. The minimum Gasteiger partial charge on any atom is -0.389 e. The molecule has 8 unspecified atom stereocenters. The predicted octanol–water partition coefficient (Wildman–Crippen LogP) is 2.42. The number of hydrogen-bond donors (Lipinski definition) is 3. The molecule has 8 heteroatoms. The lowest BCUT2D eigenvalue weighted by Gasteiger charge is -2.54. The van der Waals surface area contributed by atoms with Gasteiger partial charge in [0.2, 0.25) is 5.91 Å². The van der Waals surface area contributed by atoms with Gasteiger partial charge in [-0.2, -0.15) is 0 Å². The van der Waals surface area contributed by atoms with Gasteiger partial charge >= 0.3 is 0 Å². The van der Waals surface area contributed by atoms with E-state index in [0.29, 0.717) is 5.92 Å². The molecule has 3 rings (SSSR count). The number of halogens is 1. The number of methoxy groups -OCH3 is 1. The molecule has 2 bridgehead atoms. The number of aliphatic hydroxyl groups is 2. The normalized spacial score (nSPS) is 39.7. The molecule has 3 fully saturated rings. The third kappa shape index (κ3) is 4.68. The van der Waals surface area contributed by atoms with E-state index in [-0.39, 0.29) is 6.42 Å². The van der Waals surface area contributed by atoms with Crippen LogP contribution in [-0.4, -0.2) is 69.9 Å².